The first-order chi connectivity index (χ1) is 8.18. The van der Waals surface area contributed by atoms with E-state index < -0.39 is 0 Å². The minimum atomic E-state index is -0.0654. The molecule has 5 nitrogen and oxygen atoms in total. The van der Waals surface area contributed by atoms with Crippen LogP contribution < -0.4 is 5.73 Å². The van der Waals surface area contributed by atoms with Gasteiger partial charge < -0.3 is 10.6 Å². The summed E-state index contributed by atoms with van der Waals surface area (Å²) in [6, 6.07) is 3.58. The summed E-state index contributed by atoms with van der Waals surface area (Å²) in [5, 5.41) is 7.54. The van der Waals surface area contributed by atoms with Gasteiger partial charge in [0, 0.05) is 13.1 Å². The number of rotatable bonds is 2. The molecule has 5 heteroatoms. The molecule has 1 saturated carbocycles. The number of hydrogen-bond acceptors (Lipinski definition) is 4. The lowest BCUT2D eigenvalue weighted by molar-refractivity contribution is 0.0689. The summed E-state index contributed by atoms with van der Waals surface area (Å²) >= 11 is 0. The Bertz CT molecular complexity index is 384. The van der Waals surface area contributed by atoms with E-state index in [1.54, 1.807) is 17.0 Å². The molecule has 1 fully saturated rings. The molecule has 17 heavy (non-hydrogen) atoms. The van der Waals surface area contributed by atoms with E-state index in [4.69, 9.17) is 5.73 Å². The van der Waals surface area contributed by atoms with E-state index in [0.29, 0.717) is 17.6 Å². The van der Waals surface area contributed by atoms with Gasteiger partial charge in [-0.15, -0.1) is 10.2 Å². The van der Waals surface area contributed by atoms with Gasteiger partial charge in [-0.2, -0.15) is 0 Å². The molecule has 0 saturated heterocycles. The highest BCUT2D eigenvalue weighted by molar-refractivity contribution is 5.92. The van der Waals surface area contributed by atoms with Gasteiger partial charge in [-0.1, -0.05) is 19.3 Å². The minimum absolute atomic E-state index is 0.0654. The Morgan fingerprint density at radius 1 is 1.29 bits per heavy atom. The Kier molecular flexibility index (Phi) is 3.56. The van der Waals surface area contributed by atoms with Crippen molar-refractivity contribution in [1.29, 1.82) is 0 Å². The fourth-order valence-corrected chi connectivity index (χ4v) is 2.27. The largest absolute Gasteiger partial charge is 0.382 e. The van der Waals surface area contributed by atoms with Crippen LogP contribution in [0.15, 0.2) is 12.1 Å². The number of aromatic nitrogens is 2. The van der Waals surface area contributed by atoms with Crippen LogP contribution in [0.3, 0.4) is 0 Å². The topological polar surface area (TPSA) is 72.1 Å². The van der Waals surface area contributed by atoms with E-state index in [-0.39, 0.29) is 5.91 Å². The van der Waals surface area contributed by atoms with Crippen LogP contribution in [0.5, 0.6) is 0 Å². The molecule has 0 radical (unpaired) electrons. The fourth-order valence-electron chi connectivity index (χ4n) is 2.27. The molecular weight excluding hydrogens is 216 g/mol. The summed E-state index contributed by atoms with van der Waals surface area (Å²) in [7, 11) is 1.84. The predicted octanol–water partition coefficient (Wildman–Crippen LogP) is 1.46. The van der Waals surface area contributed by atoms with Crippen LogP contribution in [0.2, 0.25) is 0 Å². The number of nitrogen functional groups attached to an aromatic ring is 1. The molecule has 0 unspecified atom stereocenters. The maximum Gasteiger partial charge on any atom is 0.274 e. The Morgan fingerprint density at radius 2 is 2.00 bits per heavy atom. The monoisotopic (exact) mass is 234 g/mol. The predicted molar refractivity (Wildman–Crippen MR) is 65.4 cm³/mol. The maximum atomic E-state index is 12.1. The first kappa shape index (κ1) is 11.8. The molecule has 1 amide bonds. The standard InChI is InChI=1S/C12H18N4O/c1-16(9-5-3-2-4-6-9)12(17)10-7-8-11(13)15-14-10/h7-9H,2-6H2,1H3,(H2,13,15). The molecule has 1 aromatic rings. The van der Waals surface area contributed by atoms with Gasteiger partial charge in [0.05, 0.1) is 0 Å². The Balaban J connectivity index is 2.05. The SMILES string of the molecule is CN(C(=O)c1ccc(N)nn1)C1CCCCC1. The van der Waals surface area contributed by atoms with Crippen molar-refractivity contribution in [3.8, 4) is 0 Å². The highest BCUT2D eigenvalue weighted by Crippen LogP contribution is 2.22. The number of nitrogens with two attached hydrogens (primary N) is 1. The zero-order valence-corrected chi connectivity index (χ0v) is 10.1. The molecule has 2 N–H and O–H groups in total. The highest BCUT2D eigenvalue weighted by Gasteiger charge is 2.23. The molecule has 1 aliphatic carbocycles. The molecule has 92 valence electrons. The van der Waals surface area contributed by atoms with Gasteiger partial charge in [-0.3, -0.25) is 4.79 Å². The lowest BCUT2D eigenvalue weighted by Gasteiger charge is -2.30. The second-order valence-electron chi connectivity index (χ2n) is 4.55. The van der Waals surface area contributed by atoms with E-state index in [0.717, 1.165) is 12.8 Å². The van der Waals surface area contributed by atoms with Gasteiger partial charge in [-0.05, 0) is 25.0 Å². The van der Waals surface area contributed by atoms with Gasteiger partial charge in [0.2, 0.25) is 0 Å². The van der Waals surface area contributed by atoms with Crippen LogP contribution in [0, 0.1) is 0 Å². The van der Waals surface area contributed by atoms with Crippen LogP contribution >= 0.6 is 0 Å². The number of amides is 1. The first-order valence-corrected chi connectivity index (χ1v) is 6.05. The zero-order chi connectivity index (χ0) is 12.3. The van der Waals surface area contributed by atoms with E-state index in [1.165, 1.54) is 19.3 Å². The van der Waals surface area contributed by atoms with E-state index in [2.05, 4.69) is 10.2 Å². The molecular formula is C12H18N4O. The van der Waals surface area contributed by atoms with Crippen molar-refractivity contribution in [3.05, 3.63) is 17.8 Å². The summed E-state index contributed by atoms with van der Waals surface area (Å²) < 4.78 is 0. The van der Waals surface area contributed by atoms with Crippen LogP contribution in [0.25, 0.3) is 0 Å². The van der Waals surface area contributed by atoms with E-state index in [9.17, 15) is 4.79 Å². The summed E-state index contributed by atoms with van der Waals surface area (Å²) in [5.74, 6) is 0.270. The molecule has 0 aliphatic heterocycles. The van der Waals surface area contributed by atoms with Crippen LogP contribution in [-0.4, -0.2) is 34.1 Å². The average Bonchev–Trinajstić information content (AvgIpc) is 2.39. The van der Waals surface area contributed by atoms with Gasteiger partial charge in [0.25, 0.3) is 5.91 Å². The maximum absolute atomic E-state index is 12.1. The van der Waals surface area contributed by atoms with Crippen molar-refractivity contribution in [3.63, 3.8) is 0 Å². The summed E-state index contributed by atoms with van der Waals surface area (Å²) in [5.41, 5.74) is 5.82. The third kappa shape index (κ3) is 2.72. The van der Waals surface area contributed by atoms with E-state index in [1.807, 2.05) is 7.05 Å². The van der Waals surface area contributed by atoms with Gasteiger partial charge in [0.15, 0.2) is 5.69 Å². The van der Waals surface area contributed by atoms with Crippen LogP contribution in [0.4, 0.5) is 5.82 Å². The smallest absolute Gasteiger partial charge is 0.274 e. The molecule has 1 heterocycles. The van der Waals surface area contributed by atoms with Crippen molar-refractivity contribution in [2.24, 2.45) is 0 Å². The van der Waals surface area contributed by atoms with Gasteiger partial charge in [0.1, 0.15) is 5.82 Å². The third-order valence-corrected chi connectivity index (χ3v) is 3.35. The zero-order valence-electron chi connectivity index (χ0n) is 10.1. The van der Waals surface area contributed by atoms with Crippen LogP contribution in [-0.2, 0) is 0 Å². The Morgan fingerprint density at radius 3 is 2.59 bits per heavy atom. The quantitative estimate of drug-likeness (QED) is 0.841. The molecule has 0 spiro atoms. The lowest BCUT2D eigenvalue weighted by atomic mass is 9.94. The number of hydrogen-bond donors (Lipinski definition) is 1. The molecule has 0 bridgehead atoms. The number of anilines is 1. The first-order valence-electron chi connectivity index (χ1n) is 6.05. The van der Waals surface area contributed by atoms with Crippen molar-refractivity contribution in [1.82, 2.24) is 15.1 Å². The third-order valence-electron chi connectivity index (χ3n) is 3.35. The van der Waals surface area contributed by atoms with E-state index >= 15 is 0 Å². The molecule has 2 rings (SSSR count). The number of carbonyl (C=O) groups is 1. The Hall–Kier alpha value is -1.65. The molecule has 0 aromatic carbocycles. The minimum Gasteiger partial charge on any atom is -0.382 e. The normalized spacial score (nSPS) is 16.8. The lowest BCUT2D eigenvalue weighted by Crippen LogP contribution is -2.38. The molecule has 1 aliphatic rings. The molecule has 1 aromatic heterocycles. The van der Waals surface area contributed by atoms with Crippen molar-refractivity contribution in [2.45, 2.75) is 38.1 Å². The summed E-state index contributed by atoms with van der Waals surface area (Å²) in [6.07, 6.45) is 5.86. The Labute approximate surface area is 101 Å². The van der Waals surface area contributed by atoms with Crippen molar-refractivity contribution < 1.29 is 4.79 Å². The van der Waals surface area contributed by atoms with Gasteiger partial charge in [-0.25, -0.2) is 0 Å². The van der Waals surface area contributed by atoms with Crippen molar-refractivity contribution >= 4 is 11.7 Å². The second kappa shape index (κ2) is 5.12. The number of carbonyl (C=O) groups excluding carboxylic acids is 1. The average molecular weight is 234 g/mol. The highest BCUT2D eigenvalue weighted by atomic mass is 16.2. The second-order valence-corrected chi connectivity index (χ2v) is 4.55. The molecule has 0 atom stereocenters. The van der Waals surface area contributed by atoms with Gasteiger partial charge >= 0.3 is 0 Å². The summed E-state index contributed by atoms with van der Waals surface area (Å²) in [4.78, 5) is 13.9. The number of nitrogens with zero attached hydrogens (tertiary/aromatic N) is 3. The fraction of sp³-hybridized carbons (Fsp3) is 0.583. The van der Waals surface area contributed by atoms with Crippen molar-refractivity contribution in [2.75, 3.05) is 12.8 Å². The summed E-state index contributed by atoms with van der Waals surface area (Å²) in [6.45, 7) is 0. The van der Waals surface area contributed by atoms with Crippen LogP contribution in [0.1, 0.15) is 42.6 Å².